The van der Waals surface area contributed by atoms with Gasteiger partial charge in [-0.15, -0.1) is 0 Å². The number of nitrogens with zero attached hydrogens (tertiary/aromatic N) is 3. The molecule has 0 bridgehead atoms. The first-order valence-corrected chi connectivity index (χ1v) is 4.33. The maximum atomic E-state index is 4.17. The van der Waals surface area contributed by atoms with Gasteiger partial charge in [-0.25, -0.2) is 0 Å². The summed E-state index contributed by atoms with van der Waals surface area (Å²) in [7, 11) is 5.94. The molecule has 1 unspecified atom stereocenters. The Morgan fingerprint density at radius 2 is 2.27 bits per heavy atom. The minimum Gasteiger partial charge on any atom is -0.377 e. The first-order chi connectivity index (χ1) is 5.11. The number of hydrogen-bond acceptors (Lipinski definition) is 3. The van der Waals surface area contributed by atoms with Crippen molar-refractivity contribution < 1.29 is 0 Å². The lowest BCUT2D eigenvalue weighted by Crippen LogP contribution is -2.27. The van der Waals surface area contributed by atoms with Crippen LogP contribution >= 0.6 is 15.9 Å². The average Bonchev–Trinajstić information content (AvgIpc) is 1.94. The zero-order chi connectivity index (χ0) is 8.43. The molecule has 0 saturated carbocycles. The molecule has 0 aromatic heterocycles. The van der Waals surface area contributed by atoms with E-state index >= 15 is 0 Å². The molecule has 3 nitrogen and oxygen atoms in total. The van der Waals surface area contributed by atoms with Gasteiger partial charge in [0, 0.05) is 21.1 Å². The Bertz CT molecular complexity index is 198. The van der Waals surface area contributed by atoms with Gasteiger partial charge >= 0.3 is 0 Å². The van der Waals surface area contributed by atoms with E-state index in [2.05, 4.69) is 27.1 Å². The molecule has 0 radical (unpaired) electrons. The predicted molar refractivity (Wildman–Crippen MR) is 50.7 cm³/mol. The fraction of sp³-hybridized carbons (Fsp3) is 0.571. The van der Waals surface area contributed by atoms with Gasteiger partial charge < -0.3 is 4.90 Å². The topological polar surface area (TPSA) is 18.8 Å². The van der Waals surface area contributed by atoms with Gasteiger partial charge in [-0.1, -0.05) is 15.9 Å². The summed E-state index contributed by atoms with van der Waals surface area (Å²) in [5, 5.41) is 6.02. The smallest absolute Gasteiger partial charge is 0.122 e. The highest BCUT2D eigenvalue weighted by Gasteiger charge is 2.11. The molecule has 0 aromatic carbocycles. The average molecular weight is 218 g/mol. The molecule has 0 aromatic rings. The van der Waals surface area contributed by atoms with Crippen molar-refractivity contribution in [3.63, 3.8) is 0 Å². The molecule has 4 heteroatoms. The van der Waals surface area contributed by atoms with Gasteiger partial charge in [0.25, 0.3) is 0 Å². The van der Waals surface area contributed by atoms with Gasteiger partial charge in [-0.3, -0.25) is 5.01 Å². The third-order valence-corrected chi connectivity index (χ3v) is 2.41. The van der Waals surface area contributed by atoms with Gasteiger partial charge in [-0.05, 0) is 6.08 Å². The van der Waals surface area contributed by atoms with E-state index in [0.717, 1.165) is 5.70 Å². The van der Waals surface area contributed by atoms with E-state index in [-0.39, 0.29) is 4.95 Å². The molecule has 0 saturated heterocycles. The Labute approximate surface area is 75.5 Å². The van der Waals surface area contributed by atoms with Crippen molar-refractivity contribution in [1.29, 1.82) is 0 Å². The van der Waals surface area contributed by atoms with Gasteiger partial charge in [-0.2, -0.15) is 5.10 Å². The molecule has 1 aliphatic heterocycles. The largest absolute Gasteiger partial charge is 0.377 e. The summed E-state index contributed by atoms with van der Waals surface area (Å²) in [5.41, 5.74) is 1.13. The van der Waals surface area contributed by atoms with E-state index < -0.39 is 0 Å². The molecule has 0 aliphatic carbocycles. The number of allylic oxidation sites excluding steroid dienone is 1. The van der Waals surface area contributed by atoms with Crippen molar-refractivity contribution in [3.8, 4) is 0 Å². The van der Waals surface area contributed by atoms with Crippen LogP contribution in [-0.2, 0) is 0 Å². The second-order valence-electron chi connectivity index (χ2n) is 2.68. The van der Waals surface area contributed by atoms with Crippen LogP contribution in [-0.4, -0.2) is 42.2 Å². The molecule has 0 amide bonds. The third-order valence-electron chi connectivity index (χ3n) is 1.55. The van der Waals surface area contributed by atoms with E-state index in [1.165, 1.54) is 0 Å². The first-order valence-electron chi connectivity index (χ1n) is 3.41. The van der Waals surface area contributed by atoms with E-state index in [9.17, 15) is 0 Å². The van der Waals surface area contributed by atoms with E-state index in [0.29, 0.717) is 0 Å². The molecule has 1 heterocycles. The summed E-state index contributed by atoms with van der Waals surface area (Å²) >= 11 is 3.47. The fourth-order valence-electron chi connectivity index (χ4n) is 0.770. The van der Waals surface area contributed by atoms with Crippen LogP contribution < -0.4 is 0 Å². The number of halogens is 1. The van der Waals surface area contributed by atoms with Crippen molar-refractivity contribution in [2.45, 2.75) is 4.95 Å². The van der Waals surface area contributed by atoms with Crippen molar-refractivity contribution in [2.75, 3.05) is 21.1 Å². The Morgan fingerprint density at radius 3 is 2.73 bits per heavy atom. The summed E-state index contributed by atoms with van der Waals surface area (Å²) < 4.78 is 0. The molecule has 11 heavy (non-hydrogen) atoms. The summed E-state index contributed by atoms with van der Waals surface area (Å²) in [6, 6.07) is 0. The second-order valence-corrected chi connectivity index (χ2v) is 3.62. The van der Waals surface area contributed by atoms with E-state index in [1.54, 1.807) is 0 Å². The van der Waals surface area contributed by atoms with Crippen molar-refractivity contribution in [2.24, 2.45) is 5.10 Å². The van der Waals surface area contributed by atoms with E-state index in [4.69, 9.17) is 0 Å². The lowest BCUT2D eigenvalue weighted by Gasteiger charge is -2.24. The summed E-state index contributed by atoms with van der Waals surface area (Å²) in [6.07, 6.45) is 3.95. The number of hydrogen-bond donors (Lipinski definition) is 0. The monoisotopic (exact) mass is 217 g/mol. The van der Waals surface area contributed by atoms with Crippen molar-refractivity contribution >= 4 is 22.1 Å². The van der Waals surface area contributed by atoms with Crippen LogP contribution in [0.2, 0.25) is 0 Å². The molecular weight excluding hydrogens is 206 g/mol. The highest BCUT2D eigenvalue weighted by atomic mass is 79.9. The Morgan fingerprint density at radius 1 is 1.64 bits per heavy atom. The zero-order valence-corrected chi connectivity index (χ0v) is 8.54. The Kier molecular flexibility index (Phi) is 2.54. The Hall–Kier alpha value is -0.510. The quantitative estimate of drug-likeness (QED) is 0.484. The van der Waals surface area contributed by atoms with Gasteiger partial charge in [0.2, 0.25) is 0 Å². The number of likely N-dealkylation sites (N-methyl/N-ethyl adjacent to an activating group) is 1. The maximum absolute atomic E-state index is 4.17. The number of alkyl halides is 1. The SMILES string of the molecule is CN(C)C1=CC(Br)N(C)N=C1. The standard InChI is InChI=1S/C7H12BrN3/c1-10(2)6-4-7(8)11(3)9-5-6/h4-5,7H,1-3H3. The molecule has 1 aliphatic rings. The minimum atomic E-state index is 0.213. The van der Waals surface area contributed by atoms with E-state index in [1.807, 2.05) is 37.3 Å². The van der Waals surface area contributed by atoms with Crippen molar-refractivity contribution in [1.82, 2.24) is 9.91 Å². The number of rotatable bonds is 1. The fourth-order valence-corrected chi connectivity index (χ4v) is 1.15. The van der Waals surface area contributed by atoms with Crippen LogP contribution in [0.4, 0.5) is 0 Å². The van der Waals surface area contributed by atoms with Gasteiger partial charge in [0.05, 0.1) is 11.9 Å². The normalized spacial score (nSPS) is 23.5. The number of hydrazone groups is 1. The van der Waals surface area contributed by atoms with Crippen LogP contribution in [0.3, 0.4) is 0 Å². The summed E-state index contributed by atoms with van der Waals surface area (Å²) in [5.74, 6) is 0. The lowest BCUT2D eigenvalue weighted by molar-refractivity contribution is 0.363. The molecule has 1 rings (SSSR count). The Balaban J connectivity index is 2.72. The minimum absolute atomic E-state index is 0.213. The zero-order valence-electron chi connectivity index (χ0n) is 6.95. The van der Waals surface area contributed by atoms with Crippen LogP contribution in [0, 0.1) is 0 Å². The van der Waals surface area contributed by atoms with Gasteiger partial charge in [0.1, 0.15) is 4.95 Å². The summed E-state index contributed by atoms with van der Waals surface area (Å²) in [4.78, 5) is 2.25. The van der Waals surface area contributed by atoms with Crippen molar-refractivity contribution in [3.05, 3.63) is 11.8 Å². The molecule has 0 spiro atoms. The molecule has 62 valence electrons. The molecular formula is C7H12BrN3. The summed E-state index contributed by atoms with van der Waals surface area (Å²) in [6.45, 7) is 0. The van der Waals surface area contributed by atoms with Crippen LogP contribution in [0.15, 0.2) is 16.9 Å². The maximum Gasteiger partial charge on any atom is 0.122 e. The van der Waals surface area contributed by atoms with Gasteiger partial charge in [0.15, 0.2) is 0 Å². The van der Waals surface area contributed by atoms with Crippen LogP contribution in [0.5, 0.6) is 0 Å². The molecule has 0 N–H and O–H groups in total. The third kappa shape index (κ3) is 1.96. The molecule has 0 fully saturated rings. The molecule has 1 atom stereocenters. The first kappa shape index (κ1) is 8.59. The second kappa shape index (κ2) is 3.26. The predicted octanol–water partition coefficient (Wildman–Crippen LogP) is 1.08. The lowest BCUT2D eigenvalue weighted by atomic mass is 10.3. The highest BCUT2D eigenvalue weighted by Crippen LogP contribution is 2.14. The van der Waals surface area contributed by atoms with Crippen LogP contribution in [0.25, 0.3) is 0 Å². The van der Waals surface area contributed by atoms with Crippen LogP contribution in [0.1, 0.15) is 0 Å². The highest BCUT2D eigenvalue weighted by molar-refractivity contribution is 9.09.